The van der Waals surface area contributed by atoms with E-state index in [-0.39, 0.29) is 6.10 Å². The fraction of sp³-hybridized carbons (Fsp3) is 0.500. The molecule has 1 aliphatic heterocycles. The molecular formula is C16H22O5. The molecule has 0 radical (unpaired) electrons. The van der Waals surface area contributed by atoms with Crippen molar-refractivity contribution in [1.29, 1.82) is 0 Å². The maximum absolute atomic E-state index is 10.1. The number of hydrogen-bond donors (Lipinski definition) is 1. The van der Waals surface area contributed by atoms with Crippen LogP contribution < -0.4 is 9.47 Å². The Morgan fingerprint density at radius 3 is 2.48 bits per heavy atom. The number of methoxy groups -OCH3 is 1. The molecule has 1 aliphatic rings. The van der Waals surface area contributed by atoms with Crippen molar-refractivity contribution in [2.45, 2.75) is 38.8 Å². The highest BCUT2D eigenvalue weighted by Crippen LogP contribution is 2.25. The number of aliphatic hydroxyl groups excluding tert-OH is 1. The van der Waals surface area contributed by atoms with Gasteiger partial charge in [-0.25, -0.2) is 0 Å². The molecule has 1 aromatic rings. The number of benzene rings is 1. The Labute approximate surface area is 125 Å². The minimum absolute atomic E-state index is 0.362. The summed E-state index contributed by atoms with van der Waals surface area (Å²) >= 11 is 0. The van der Waals surface area contributed by atoms with E-state index in [1.165, 1.54) is 0 Å². The molecule has 2 rings (SSSR count). The maximum Gasteiger partial charge on any atom is 0.163 e. The van der Waals surface area contributed by atoms with Crippen LogP contribution in [0, 0.1) is 0 Å². The quantitative estimate of drug-likeness (QED) is 0.846. The summed E-state index contributed by atoms with van der Waals surface area (Å²) in [6, 6.07) is 7.24. The Hall–Kier alpha value is -1.56. The van der Waals surface area contributed by atoms with Crippen molar-refractivity contribution in [3.63, 3.8) is 0 Å². The lowest BCUT2D eigenvalue weighted by molar-refractivity contribution is -0.147. The lowest BCUT2D eigenvalue weighted by Gasteiger charge is -2.19. The average molecular weight is 294 g/mol. The monoisotopic (exact) mass is 294 g/mol. The minimum atomic E-state index is -0.773. The molecule has 0 aliphatic carbocycles. The minimum Gasteiger partial charge on any atom is -0.497 e. The fourth-order valence-electron chi connectivity index (χ4n) is 2.10. The van der Waals surface area contributed by atoms with Gasteiger partial charge in [0.15, 0.2) is 5.79 Å². The highest BCUT2D eigenvalue weighted by atomic mass is 16.7. The van der Waals surface area contributed by atoms with Gasteiger partial charge >= 0.3 is 0 Å². The smallest absolute Gasteiger partial charge is 0.163 e. The molecule has 2 atom stereocenters. The van der Waals surface area contributed by atoms with Gasteiger partial charge in [0, 0.05) is 0 Å². The molecule has 0 amide bonds. The van der Waals surface area contributed by atoms with Crippen LogP contribution >= 0.6 is 0 Å². The van der Waals surface area contributed by atoms with Gasteiger partial charge < -0.3 is 24.1 Å². The lowest BCUT2D eigenvalue weighted by Crippen LogP contribution is -2.29. The summed E-state index contributed by atoms with van der Waals surface area (Å²) in [6.07, 6.45) is 0.471. The fourth-order valence-corrected chi connectivity index (χ4v) is 2.10. The van der Waals surface area contributed by atoms with E-state index in [0.717, 1.165) is 5.75 Å². The molecule has 116 valence electrons. The second-order valence-electron chi connectivity index (χ2n) is 5.41. The highest BCUT2D eigenvalue weighted by Gasteiger charge is 2.36. The van der Waals surface area contributed by atoms with E-state index in [4.69, 9.17) is 18.9 Å². The third-order valence-electron chi connectivity index (χ3n) is 3.16. The summed E-state index contributed by atoms with van der Waals surface area (Å²) in [6.45, 7) is 5.79. The molecule has 0 saturated carbocycles. The van der Waals surface area contributed by atoms with Crippen LogP contribution in [0.1, 0.15) is 20.8 Å². The standard InChI is InChI=1S/C16H22O5/c1-11(20-13-7-5-12(18-4)6-8-13)9-14(17)15-10-19-16(2,3)21-15/h5-9,14-15,17H,10H2,1-4H3/b11-9+/t14-,15-/m1/s1. The van der Waals surface area contributed by atoms with Crippen molar-refractivity contribution in [2.24, 2.45) is 0 Å². The average Bonchev–Trinajstić information content (AvgIpc) is 2.80. The molecule has 0 aromatic heterocycles. The third-order valence-corrected chi connectivity index (χ3v) is 3.16. The Kier molecular flexibility index (Phi) is 4.88. The van der Waals surface area contributed by atoms with Gasteiger partial charge in [-0.2, -0.15) is 0 Å². The third kappa shape index (κ3) is 4.46. The van der Waals surface area contributed by atoms with Crippen LogP contribution in [0.5, 0.6) is 11.5 Å². The van der Waals surface area contributed by atoms with Crippen molar-refractivity contribution < 1.29 is 24.1 Å². The van der Waals surface area contributed by atoms with Gasteiger partial charge in [0.05, 0.1) is 19.5 Å². The predicted octanol–water partition coefficient (Wildman–Crippen LogP) is 2.49. The maximum atomic E-state index is 10.1. The Bertz CT molecular complexity index is 492. The summed E-state index contributed by atoms with van der Waals surface area (Å²) in [5.41, 5.74) is 0. The number of rotatable bonds is 5. The van der Waals surface area contributed by atoms with Crippen molar-refractivity contribution in [3.05, 3.63) is 36.1 Å². The summed E-state index contributed by atoms with van der Waals surface area (Å²) in [4.78, 5) is 0. The van der Waals surface area contributed by atoms with Crippen LogP contribution in [0.3, 0.4) is 0 Å². The van der Waals surface area contributed by atoms with Crippen LogP contribution in [-0.2, 0) is 9.47 Å². The number of allylic oxidation sites excluding steroid dienone is 1. The van der Waals surface area contributed by atoms with Gasteiger partial charge in [0.2, 0.25) is 0 Å². The second kappa shape index (κ2) is 6.47. The first kappa shape index (κ1) is 15.8. The molecule has 0 spiro atoms. The van der Waals surface area contributed by atoms with E-state index in [9.17, 15) is 5.11 Å². The van der Waals surface area contributed by atoms with Gasteiger partial charge in [-0.05, 0) is 51.1 Å². The van der Waals surface area contributed by atoms with Crippen molar-refractivity contribution in [3.8, 4) is 11.5 Å². The molecule has 0 bridgehead atoms. The summed E-state index contributed by atoms with van der Waals surface area (Å²) < 4.78 is 21.8. The first-order valence-corrected chi connectivity index (χ1v) is 6.90. The zero-order valence-electron chi connectivity index (χ0n) is 12.8. The molecule has 1 aromatic carbocycles. The van der Waals surface area contributed by atoms with Gasteiger partial charge in [0.25, 0.3) is 0 Å². The number of hydrogen-bond acceptors (Lipinski definition) is 5. The first-order chi connectivity index (χ1) is 9.89. The molecule has 1 heterocycles. The predicted molar refractivity (Wildman–Crippen MR) is 78.3 cm³/mol. The van der Waals surface area contributed by atoms with E-state index in [1.807, 2.05) is 26.0 Å². The Morgan fingerprint density at radius 1 is 1.33 bits per heavy atom. The second-order valence-corrected chi connectivity index (χ2v) is 5.41. The zero-order chi connectivity index (χ0) is 15.5. The van der Waals surface area contributed by atoms with Gasteiger partial charge in [-0.15, -0.1) is 0 Å². The molecule has 0 unspecified atom stereocenters. The Balaban J connectivity index is 1.93. The van der Waals surface area contributed by atoms with Crippen LogP contribution in [0.2, 0.25) is 0 Å². The molecule has 1 N–H and O–H groups in total. The van der Waals surface area contributed by atoms with Crippen LogP contribution in [-0.4, -0.2) is 36.8 Å². The van der Waals surface area contributed by atoms with Gasteiger partial charge in [-0.3, -0.25) is 0 Å². The van der Waals surface area contributed by atoms with Crippen molar-refractivity contribution in [1.82, 2.24) is 0 Å². The van der Waals surface area contributed by atoms with E-state index >= 15 is 0 Å². The van der Waals surface area contributed by atoms with Crippen LogP contribution in [0.25, 0.3) is 0 Å². The molecule has 5 nitrogen and oxygen atoms in total. The van der Waals surface area contributed by atoms with E-state index in [1.54, 1.807) is 32.2 Å². The highest BCUT2D eigenvalue weighted by molar-refractivity contribution is 5.32. The van der Waals surface area contributed by atoms with E-state index in [2.05, 4.69) is 0 Å². The van der Waals surface area contributed by atoms with E-state index in [0.29, 0.717) is 18.1 Å². The first-order valence-electron chi connectivity index (χ1n) is 6.90. The normalized spacial score (nSPS) is 22.9. The van der Waals surface area contributed by atoms with Crippen LogP contribution in [0.4, 0.5) is 0 Å². The van der Waals surface area contributed by atoms with Gasteiger partial charge in [-0.1, -0.05) is 0 Å². The zero-order valence-corrected chi connectivity index (χ0v) is 12.8. The molecule has 1 saturated heterocycles. The molecule has 21 heavy (non-hydrogen) atoms. The largest absolute Gasteiger partial charge is 0.497 e. The summed E-state index contributed by atoms with van der Waals surface area (Å²) in [5, 5.41) is 10.1. The van der Waals surface area contributed by atoms with Gasteiger partial charge in [0.1, 0.15) is 23.7 Å². The van der Waals surface area contributed by atoms with Crippen molar-refractivity contribution >= 4 is 0 Å². The molecule has 1 fully saturated rings. The number of ether oxygens (including phenoxy) is 4. The molecule has 5 heteroatoms. The lowest BCUT2D eigenvalue weighted by atomic mass is 10.2. The molecular weight excluding hydrogens is 272 g/mol. The van der Waals surface area contributed by atoms with Crippen molar-refractivity contribution in [2.75, 3.05) is 13.7 Å². The summed E-state index contributed by atoms with van der Waals surface area (Å²) in [5.74, 6) is 1.40. The number of aliphatic hydroxyl groups is 1. The van der Waals surface area contributed by atoms with Crippen LogP contribution in [0.15, 0.2) is 36.1 Å². The summed E-state index contributed by atoms with van der Waals surface area (Å²) in [7, 11) is 1.61. The van der Waals surface area contributed by atoms with E-state index < -0.39 is 11.9 Å². The SMILES string of the molecule is COc1ccc(O/C(C)=C/[C@@H](O)[C@H]2COC(C)(C)O2)cc1. The Morgan fingerprint density at radius 2 is 1.95 bits per heavy atom. The topological polar surface area (TPSA) is 57.2 Å².